The molecule has 0 spiro atoms. The molecule has 0 saturated carbocycles. The fraction of sp³-hybridized carbons (Fsp3) is 0.200. The first-order valence-corrected chi connectivity index (χ1v) is 7.54. The largest absolute Gasteiger partial charge is 0.444 e. The van der Waals surface area contributed by atoms with Crippen LogP contribution in [0.4, 0.5) is 0 Å². The van der Waals surface area contributed by atoms with Gasteiger partial charge in [0.2, 0.25) is 0 Å². The minimum absolute atomic E-state index is 0.490. The number of halogens is 1. The Labute approximate surface area is 121 Å². The smallest absolute Gasteiger partial charge is 0.199 e. The zero-order valence-corrected chi connectivity index (χ0v) is 11.9. The van der Waals surface area contributed by atoms with Crippen LogP contribution in [0, 0.1) is 0 Å². The van der Waals surface area contributed by atoms with Gasteiger partial charge >= 0.3 is 0 Å². The molecule has 0 unspecified atom stereocenters. The predicted molar refractivity (Wildman–Crippen MR) is 81.0 cm³/mol. The normalized spacial score (nSPS) is 11.2. The van der Waals surface area contributed by atoms with E-state index in [0.717, 1.165) is 36.0 Å². The van der Waals surface area contributed by atoms with Crippen LogP contribution in [-0.4, -0.2) is 6.54 Å². The summed E-state index contributed by atoms with van der Waals surface area (Å²) in [5.41, 5.74) is 3.27. The molecule has 0 fully saturated rings. The summed E-state index contributed by atoms with van der Waals surface area (Å²) >= 11 is 7.88. The van der Waals surface area contributed by atoms with Gasteiger partial charge in [0.25, 0.3) is 0 Å². The van der Waals surface area contributed by atoms with E-state index < -0.39 is 0 Å². The first kappa shape index (κ1) is 12.7. The van der Waals surface area contributed by atoms with E-state index in [0.29, 0.717) is 5.22 Å². The lowest BCUT2D eigenvalue weighted by molar-refractivity contribution is 0.604. The first-order chi connectivity index (χ1) is 9.34. The highest BCUT2D eigenvalue weighted by Crippen LogP contribution is 2.29. The number of nitrogens with one attached hydrogen (secondary N) is 1. The van der Waals surface area contributed by atoms with Crippen LogP contribution in [0.15, 0.2) is 45.5 Å². The van der Waals surface area contributed by atoms with E-state index in [1.807, 2.05) is 24.3 Å². The fourth-order valence-corrected chi connectivity index (χ4v) is 3.07. The highest BCUT2D eigenvalue weighted by Gasteiger charge is 2.11. The second-order valence-corrected chi connectivity index (χ2v) is 5.53. The van der Waals surface area contributed by atoms with Crippen LogP contribution >= 0.6 is 22.9 Å². The minimum Gasteiger partial charge on any atom is -0.444 e. The highest BCUT2D eigenvalue weighted by atomic mass is 35.5. The number of benzene rings is 1. The average molecular weight is 292 g/mol. The van der Waals surface area contributed by atoms with Gasteiger partial charge in [0, 0.05) is 17.5 Å². The van der Waals surface area contributed by atoms with Crippen molar-refractivity contribution in [2.75, 3.05) is 6.54 Å². The summed E-state index contributed by atoms with van der Waals surface area (Å²) in [5, 5.41) is 9.29. The Morgan fingerprint density at radius 1 is 1.21 bits per heavy atom. The van der Waals surface area contributed by atoms with Gasteiger partial charge in [-0.2, -0.15) is 11.3 Å². The van der Waals surface area contributed by atoms with E-state index in [1.54, 1.807) is 11.3 Å². The van der Waals surface area contributed by atoms with E-state index in [4.69, 9.17) is 16.0 Å². The van der Waals surface area contributed by atoms with Gasteiger partial charge in [0.05, 0.1) is 0 Å². The monoisotopic (exact) mass is 291 g/mol. The van der Waals surface area contributed by atoms with Gasteiger partial charge in [-0.1, -0.05) is 18.2 Å². The second-order valence-electron chi connectivity index (χ2n) is 4.41. The number of hydrogen-bond donors (Lipinski definition) is 1. The molecule has 0 bridgehead atoms. The maximum atomic E-state index is 6.14. The van der Waals surface area contributed by atoms with Gasteiger partial charge in [-0.25, -0.2) is 0 Å². The molecular formula is C15H14ClNOS. The molecule has 0 aliphatic heterocycles. The number of thiophene rings is 1. The van der Waals surface area contributed by atoms with Crippen LogP contribution in [0.2, 0.25) is 5.22 Å². The summed E-state index contributed by atoms with van der Waals surface area (Å²) < 4.78 is 5.53. The third kappa shape index (κ3) is 2.84. The van der Waals surface area contributed by atoms with Crippen molar-refractivity contribution in [3.05, 3.63) is 57.4 Å². The molecule has 2 nitrogen and oxygen atoms in total. The topological polar surface area (TPSA) is 25.2 Å². The van der Waals surface area contributed by atoms with Crippen LogP contribution in [0.5, 0.6) is 0 Å². The third-order valence-electron chi connectivity index (χ3n) is 3.12. The SMILES string of the molecule is Clc1oc2ccccc2c1CNCCc1ccsc1. The molecule has 0 saturated heterocycles. The molecule has 4 heteroatoms. The summed E-state index contributed by atoms with van der Waals surface area (Å²) in [6.45, 7) is 1.67. The number of rotatable bonds is 5. The van der Waals surface area contributed by atoms with Gasteiger partial charge in [-0.3, -0.25) is 0 Å². The minimum atomic E-state index is 0.490. The van der Waals surface area contributed by atoms with Crippen molar-refractivity contribution in [3.63, 3.8) is 0 Å². The number of furan rings is 1. The van der Waals surface area contributed by atoms with Crippen molar-refractivity contribution in [2.45, 2.75) is 13.0 Å². The standard InChI is InChI=1S/C15H14ClNOS/c16-15-13(12-3-1-2-4-14(12)18-15)9-17-7-5-11-6-8-19-10-11/h1-4,6,8,10,17H,5,7,9H2. The highest BCUT2D eigenvalue weighted by molar-refractivity contribution is 7.07. The molecule has 2 aromatic heterocycles. The Bertz CT molecular complexity index is 660. The quantitative estimate of drug-likeness (QED) is 0.701. The van der Waals surface area contributed by atoms with E-state index >= 15 is 0 Å². The molecule has 98 valence electrons. The molecule has 0 radical (unpaired) electrons. The van der Waals surface area contributed by atoms with Crippen LogP contribution in [0.1, 0.15) is 11.1 Å². The number of fused-ring (bicyclic) bond motifs is 1. The summed E-state index contributed by atoms with van der Waals surface area (Å²) in [6, 6.07) is 10.1. The molecule has 1 aromatic carbocycles. The zero-order valence-electron chi connectivity index (χ0n) is 10.4. The Morgan fingerprint density at radius 2 is 2.11 bits per heavy atom. The Balaban J connectivity index is 1.63. The van der Waals surface area contributed by atoms with Crippen molar-refractivity contribution < 1.29 is 4.42 Å². The van der Waals surface area contributed by atoms with Crippen molar-refractivity contribution in [1.82, 2.24) is 5.32 Å². The van der Waals surface area contributed by atoms with E-state index in [1.165, 1.54) is 5.56 Å². The third-order valence-corrected chi connectivity index (χ3v) is 4.16. The molecule has 19 heavy (non-hydrogen) atoms. The maximum absolute atomic E-state index is 6.14. The van der Waals surface area contributed by atoms with E-state index in [9.17, 15) is 0 Å². The van der Waals surface area contributed by atoms with Crippen molar-refractivity contribution in [2.24, 2.45) is 0 Å². The van der Waals surface area contributed by atoms with Crippen LogP contribution in [0.3, 0.4) is 0 Å². The molecule has 0 aliphatic carbocycles. The van der Waals surface area contributed by atoms with Crippen LogP contribution in [0.25, 0.3) is 11.0 Å². The van der Waals surface area contributed by atoms with E-state index in [-0.39, 0.29) is 0 Å². The van der Waals surface area contributed by atoms with Gasteiger partial charge in [-0.15, -0.1) is 0 Å². The predicted octanol–water partition coefficient (Wildman–Crippen LogP) is 4.48. The van der Waals surface area contributed by atoms with Gasteiger partial charge in [0.1, 0.15) is 5.58 Å². The summed E-state index contributed by atoms with van der Waals surface area (Å²) in [6.07, 6.45) is 1.04. The molecule has 0 atom stereocenters. The van der Waals surface area contributed by atoms with Crippen molar-refractivity contribution in [3.8, 4) is 0 Å². The molecular weight excluding hydrogens is 278 g/mol. The molecule has 1 N–H and O–H groups in total. The van der Waals surface area contributed by atoms with Crippen molar-refractivity contribution in [1.29, 1.82) is 0 Å². The van der Waals surface area contributed by atoms with Gasteiger partial charge in [0.15, 0.2) is 5.22 Å². The fourth-order valence-electron chi connectivity index (χ4n) is 2.11. The van der Waals surface area contributed by atoms with Gasteiger partial charge in [-0.05, 0) is 53.0 Å². The number of para-hydroxylation sites is 1. The summed E-state index contributed by atoms with van der Waals surface area (Å²) in [5.74, 6) is 0. The lowest BCUT2D eigenvalue weighted by Crippen LogP contribution is -2.16. The molecule has 2 heterocycles. The first-order valence-electron chi connectivity index (χ1n) is 6.22. The number of hydrogen-bond acceptors (Lipinski definition) is 3. The lowest BCUT2D eigenvalue weighted by atomic mass is 10.2. The van der Waals surface area contributed by atoms with E-state index in [2.05, 4.69) is 22.1 Å². The molecule has 3 aromatic rings. The van der Waals surface area contributed by atoms with Gasteiger partial charge < -0.3 is 9.73 Å². The lowest BCUT2D eigenvalue weighted by Gasteiger charge is -2.03. The summed E-state index contributed by atoms with van der Waals surface area (Å²) in [7, 11) is 0. The zero-order chi connectivity index (χ0) is 13.1. The molecule has 3 rings (SSSR count). The second kappa shape index (κ2) is 5.78. The molecule has 0 aliphatic rings. The van der Waals surface area contributed by atoms with Crippen LogP contribution in [-0.2, 0) is 13.0 Å². The Hall–Kier alpha value is -1.29. The molecule has 0 amide bonds. The van der Waals surface area contributed by atoms with Crippen LogP contribution < -0.4 is 5.32 Å². The average Bonchev–Trinajstić information content (AvgIpc) is 3.02. The summed E-state index contributed by atoms with van der Waals surface area (Å²) in [4.78, 5) is 0. The Kier molecular flexibility index (Phi) is 3.87. The maximum Gasteiger partial charge on any atom is 0.199 e. The Morgan fingerprint density at radius 3 is 2.95 bits per heavy atom. The van der Waals surface area contributed by atoms with Crippen molar-refractivity contribution >= 4 is 33.9 Å².